The monoisotopic (exact) mass is 377 g/mol. The number of aryl methyl sites for hydroxylation is 2. The van der Waals surface area contributed by atoms with E-state index < -0.39 is 0 Å². The number of hydrogen-bond acceptors (Lipinski definition) is 3. The molecule has 0 saturated carbocycles. The van der Waals surface area contributed by atoms with Crippen LogP contribution in [0.15, 0.2) is 60.9 Å². The van der Waals surface area contributed by atoms with E-state index in [4.69, 9.17) is 4.74 Å². The molecule has 0 unspecified atom stereocenters. The molecule has 0 aliphatic carbocycles. The number of carbonyl (C=O) groups excluding carboxylic acids is 1. The second kappa shape index (κ2) is 8.74. The summed E-state index contributed by atoms with van der Waals surface area (Å²) in [6.07, 6.45) is 3.60. The van der Waals surface area contributed by atoms with Crippen LogP contribution in [0.25, 0.3) is 0 Å². The highest BCUT2D eigenvalue weighted by Gasteiger charge is 2.20. The minimum atomic E-state index is -0.331. The summed E-state index contributed by atoms with van der Waals surface area (Å²) in [6, 6.07) is 15.4. The first-order valence-electron chi connectivity index (χ1n) is 9.50. The van der Waals surface area contributed by atoms with E-state index in [2.05, 4.69) is 37.1 Å². The molecule has 5 heteroatoms. The van der Waals surface area contributed by atoms with Crippen LogP contribution in [0.2, 0.25) is 0 Å². The summed E-state index contributed by atoms with van der Waals surface area (Å²) >= 11 is 0. The molecule has 3 rings (SSSR count). The minimum absolute atomic E-state index is 0.0474. The number of carbonyl (C=O) groups is 1. The molecule has 1 heterocycles. The maximum absolute atomic E-state index is 12.6. The third kappa shape index (κ3) is 4.60. The molecule has 28 heavy (non-hydrogen) atoms. The minimum Gasteiger partial charge on any atom is -0.484 e. The Bertz CT molecular complexity index is 932. The second-order valence-corrected chi connectivity index (χ2v) is 7.27. The normalized spacial score (nSPS) is 12.0. The Labute approximate surface area is 166 Å². The lowest BCUT2D eigenvalue weighted by Gasteiger charge is -2.19. The van der Waals surface area contributed by atoms with Gasteiger partial charge in [0.25, 0.3) is 5.91 Å². The lowest BCUT2D eigenvalue weighted by Crippen LogP contribution is -2.34. The predicted molar refractivity (Wildman–Crippen MR) is 110 cm³/mol. The van der Waals surface area contributed by atoms with Gasteiger partial charge in [0.15, 0.2) is 6.61 Å². The van der Waals surface area contributed by atoms with Crippen molar-refractivity contribution in [2.75, 3.05) is 6.61 Å². The molecule has 1 N–H and O–H groups in total. The molecule has 2 aromatic carbocycles. The van der Waals surface area contributed by atoms with Crippen LogP contribution in [-0.2, 0) is 11.8 Å². The molecule has 1 amide bonds. The van der Waals surface area contributed by atoms with Crippen molar-refractivity contribution < 1.29 is 9.53 Å². The summed E-state index contributed by atoms with van der Waals surface area (Å²) in [4.78, 5) is 17.0. The first-order chi connectivity index (χ1) is 13.5. The Balaban J connectivity index is 1.69. The molecule has 0 fully saturated rings. The summed E-state index contributed by atoms with van der Waals surface area (Å²) in [5, 5.41) is 3.04. The van der Waals surface area contributed by atoms with Crippen LogP contribution in [0.5, 0.6) is 5.75 Å². The van der Waals surface area contributed by atoms with Crippen LogP contribution in [-0.4, -0.2) is 22.1 Å². The van der Waals surface area contributed by atoms with Crippen molar-refractivity contribution in [2.24, 2.45) is 7.05 Å². The molecule has 0 saturated heterocycles. The highest BCUT2D eigenvalue weighted by Crippen LogP contribution is 2.24. The van der Waals surface area contributed by atoms with Crippen LogP contribution in [0, 0.1) is 6.92 Å². The zero-order valence-corrected chi connectivity index (χ0v) is 16.8. The maximum Gasteiger partial charge on any atom is 0.258 e. The summed E-state index contributed by atoms with van der Waals surface area (Å²) < 4.78 is 7.64. The van der Waals surface area contributed by atoms with Crippen molar-refractivity contribution in [3.63, 3.8) is 0 Å². The zero-order chi connectivity index (χ0) is 20.1. The van der Waals surface area contributed by atoms with Gasteiger partial charge in [0.1, 0.15) is 17.6 Å². The van der Waals surface area contributed by atoms with Gasteiger partial charge in [-0.15, -0.1) is 0 Å². The number of ether oxygens (including phenoxy) is 1. The fourth-order valence-electron chi connectivity index (χ4n) is 3.34. The molecule has 146 valence electrons. The van der Waals surface area contributed by atoms with Gasteiger partial charge in [-0.25, -0.2) is 4.98 Å². The maximum atomic E-state index is 12.6. The Kier molecular flexibility index (Phi) is 6.14. The van der Waals surface area contributed by atoms with Crippen LogP contribution in [0.3, 0.4) is 0 Å². The Morgan fingerprint density at radius 1 is 1.18 bits per heavy atom. The third-order valence-electron chi connectivity index (χ3n) is 4.79. The van der Waals surface area contributed by atoms with Gasteiger partial charge in [-0.3, -0.25) is 4.79 Å². The van der Waals surface area contributed by atoms with E-state index >= 15 is 0 Å². The van der Waals surface area contributed by atoms with Crippen molar-refractivity contribution in [3.8, 4) is 5.75 Å². The smallest absolute Gasteiger partial charge is 0.258 e. The number of amides is 1. The van der Waals surface area contributed by atoms with Gasteiger partial charge in [-0.2, -0.15) is 0 Å². The van der Waals surface area contributed by atoms with Gasteiger partial charge in [-0.05, 0) is 41.7 Å². The quantitative estimate of drug-likeness (QED) is 0.673. The van der Waals surface area contributed by atoms with E-state index in [9.17, 15) is 4.79 Å². The predicted octanol–water partition coefficient (Wildman–Crippen LogP) is 4.14. The van der Waals surface area contributed by atoms with Crippen LogP contribution >= 0.6 is 0 Å². The van der Waals surface area contributed by atoms with Crippen molar-refractivity contribution in [1.29, 1.82) is 0 Å². The van der Waals surface area contributed by atoms with Crippen molar-refractivity contribution in [2.45, 2.75) is 32.7 Å². The van der Waals surface area contributed by atoms with Crippen LogP contribution in [0.1, 0.15) is 48.3 Å². The molecular formula is C23H27N3O2. The fourth-order valence-corrected chi connectivity index (χ4v) is 3.34. The molecule has 0 spiro atoms. The first-order valence-corrected chi connectivity index (χ1v) is 9.50. The van der Waals surface area contributed by atoms with E-state index in [0.29, 0.717) is 11.7 Å². The fraction of sp³-hybridized carbons (Fsp3) is 0.304. The Hall–Kier alpha value is -3.08. The summed E-state index contributed by atoms with van der Waals surface area (Å²) in [7, 11) is 1.92. The topological polar surface area (TPSA) is 56.1 Å². The SMILES string of the molecule is Cc1cc(OCC(=O)N[C@@H](c2ccccc2)c2nccn2C)ccc1C(C)C. The summed E-state index contributed by atoms with van der Waals surface area (Å²) in [5.41, 5.74) is 3.43. The standard InChI is InChI=1S/C23H27N3O2/c1-16(2)20-11-10-19(14-17(20)3)28-15-21(27)25-22(18-8-6-5-7-9-18)23-24-12-13-26(23)4/h5-14,16,22H,15H2,1-4H3,(H,25,27)/t22-/m0/s1. The van der Waals surface area contributed by atoms with Gasteiger partial charge in [-0.1, -0.05) is 50.2 Å². The van der Waals surface area contributed by atoms with E-state index in [1.807, 2.05) is 60.3 Å². The Morgan fingerprint density at radius 2 is 1.93 bits per heavy atom. The first kappa shape index (κ1) is 19.7. The number of hydrogen-bond donors (Lipinski definition) is 1. The van der Waals surface area contributed by atoms with Crippen molar-refractivity contribution >= 4 is 5.91 Å². The third-order valence-corrected chi connectivity index (χ3v) is 4.79. The summed E-state index contributed by atoms with van der Waals surface area (Å²) in [5.74, 6) is 1.74. The highest BCUT2D eigenvalue weighted by atomic mass is 16.5. The van der Waals surface area contributed by atoms with Gasteiger partial charge >= 0.3 is 0 Å². The average Bonchev–Trinajstić information content (AvgIpc) is 3.10. The zero-order valence-electron chi connectivity index (χ0n) is 16.8. The second-order valence-electron chi connectivity index (χ2n) is 7.27. The van der Waals surface area contributed by atoms with E-state index in [1.54, 1.807) is 6.20 Å². The molecule has 1 aromatic heterocycles. The lowest BCUT2D eigenvalue weighted by molar-refractivity contribution is -0.123. The largest absolute Gasteiger partial charge is 0.484 e. The van der Waals surface area contributed by atoms with E-state index in [0.717, 1.165) is 11.4 Å². The lowest BCUT2D eigenvalue weighted by atomic mass is 9.98. The molecule has 5 nitrogen and oxygen atoms in total. The van der Waals surface area contributed by atoms with Crippen LogP contribution in [0.4, 0.5) is 0 Å². The van der Waals surface area contributed by atoms with E-state index in [-0.39, 0.29) is 18.6 Å². The molecule has 0 aliphatic heterocycles. The number of benzene rings is 2. The number of rotatable bonds is 7. The molecule has 0 radical (unpaired) electrons. The van der Waals surface area contributed by atoms with Gasteiger partial charge in [0, 0.05) is 19.4 Å². The molecule has 1 atom stereocenters. The average molecular weight is 377 g/mol. The number of aromatic nitrogens is 2. The van der Waals surface area contributed by atoms with Gasteiger partial charge in [0.2, 0.25) is 0 Å². The number of nitrogens with zero attached hydrogens (tertiary/aromatic N) is 2. The number of nitrogens with one attached hydrogen (secondary N) is 1. The van der Waals surface area contributed by atoms with Gasteiger partial charge in [0.05, 0.1) is 0 Å². The van der Waals surface area contributed by atoms with Crippen LogP contribution < -0.4 is 10.1 Å². The Morgan fingerprint density at radius 3 is 2.54 bits per heavy atom. The van der Waals surface area contributed by atoms with Crippen molar-refractivity contribution in [1.82, 2.24) is 14.9 Å². The molecule has 0 bridgehead atoms. The van der Waals surface area contributed by atoms with Crippen molar-refractivity contribution in [3.05, 3.63) is 83.4 Å². The van der Waals surface area contributed by atoms with E-state index in [1.165, 1.54) is 11.1 Å². The number of imidazole rings is 1. The molecular weight excluding hydrogens is 350 g/mol. The van der Waals surface area contributed by atoms with Gasteiger partial charge < -0.3 is 14.6 Å². The molecule has 0 aliphatic rings. The highest BCUT2D eigenvalue weighted by molar-refractivity contribution is 5.78. The molecule has 3 aromatic rings. The summed E-state index contributed by atoms with van der Waals surface area (Å²) in [6.45, 7) is 6.35.